The quantitative estimate of drug-likeness (QED) is 0.893. The summed E-state index contributed by atoms with van der Waals surface area (Å²) in [6, 6.07) is 6.80. The van der Waals surface area contributed by atoms with Crippen LogP contribution in [0.4, 0.5) is 4.39 Å². The Morgan fingerprint density at radius 3 is 2.72 bits per heavy atom. The Morgan fingerprint density at radius 2 is 2.11 bits per heavy atom. The Balaban J connectivity index is 1.85. The summed E-state index contributed by atoms with van der Waals surface area (Å²) >= 11 is 0. The van der Waals surface area contributed by atoms with Crippen LogP contribution in [0.1, 0.15) is 30.7 Å². The van der Waals surface area contributed by atoms with Crippen molar-refractivity contribution in [2.24, 2.45) is 0 Å². The highest BCUT2D eigenvalue weighted by Gasteiger charge is 2.20. The molecule has 98 valence electrons. The average Bonchev–Trinajstić information content (AvgIpc) is 2.37. The number of piperidine rings is 1. The fraction of sp³-hybridized carbons (Fsp3) is 0.500. The summed E-state index contributed by atoms with van der Waals surface area (Å²) in [5.74, 6) is -0.523. The molecular formula is C14H18FNO2. The van der Waals surface area contributed by atoms with Crippen LogP contribution in [0.3, 0.4) is 0 Å². The molecule has 0 aromatic heterocycles. The van der Waals surface area contributed by atoms with Crippen LogP contribution >= 0.6 is 0 Å². The molecule has 1 saturated heterocycles. The van der Waals surface area contributed by atoms with E-state index in [0.717, 1.165) is 31.5 Å². The van der Waals surface area contributed by atoms with E-state index >= 15 is 0 Å². The topological polar surface area (TPSA) is 40.5 Å². The van der Waals surface area contributed by atoms with Crippen molar-refractivity contribution in [3.8, 4) is 0 Å². The van der Waals surface area contributed by atoms with Crippen LogP contribution in [-0.4, -0.2) is 35.6 Å². The molecule has 1 N–H and O–H groups in total. The maximum Gasteiger partial charge on any atom is 0.304 e. The van der Waals surface area contributed by atoms with Crippen LogP contribution in [0.5, 0.6) is 0 Å². The smallest absolute Gasteiger partial charge is 0.304 e. The standard InChI is InChI=1S/C14H18FNO2/c15-13-3-1-2-12(10-13)11-4-7-16(8-5-11)9-6-14(17)18/h1-3,10-11H,4-9H2,(H,17,18). The lowest BCUT2D eigenvalue weighted by atomic mass is 9.89. The van der Waals surface area contributed by atoms with E-state index in [2.05, 4.69) is 4.90 Å². The fourth-order valence-electron chi connectivity index (χ4n) is 2.50. The minimum Gasteiger partial charge on any atom is -0.481 e. The first kappa shape index (κ1) is 13.0. The summed E-state index contributed by atoms with van der Waals surface area (Å²) < 4.78 is 13.1. The van der Waals surface area contributed by atoms with E-state index in [1.165, 1.54) is 6.07 Å². The van der Waals surface area contributed by atoms with E-state index < -0.39 is 5.97 Å². The van der Waals surface area contributed by atoms with Gasteiger partial charge in [0, 0.05) is 6.54 Å². The molecule has 18 heavy (non-hydrogen) atoms. The summed E-state index contributed by atoms with van der Waals surface area (Å²) in [7, 11) is 0. The summed E-state index contributed by atoms with van der Waals surface area (Å²) in [5.41, 5.74) is 1.06. The zero-order valence-electron chi connectivity index (χ0n) is 10.3. The Kier molecular flexibility index (Phi) is 4.31. The first-order valence-electron chi connectivity index (χ1n) is 6.35. The summed E-state index contributed by atoms with van der Waals surface area (Å²) in [6.07, 6.45) is 2.15. The molecule has 1 fully saturated rings. The second-order valence-electron chi connectivity index (χ2n) is 4.81. The van der Waals surface area contributed by atoms with Crippen LogP contribution in [0, 0.1) is 5.82 Å². The molecule has 0 aliphatic carbocycles. The lowest BCUT2D eigenvalue weighted by molar-refractivity contribution is -0.137. The molecule has 0 spiro atoms. The molecule has 3 nitrogen and oxygen atoms in total. The van der Waals surface area contributed by atoms with Crippen molar-refractivity contribution in [3.63, 3.8) is 0 Å². The maximum absolute atomic E-state index is 13.1. The molecule has 1 aromatic carbocycles. The normalized spacial score (nSPS) is 17.8. The van der Waals surface area contributed by atoms with E-state index in [1.54, 1.807) is 12.1 Å². The first-order chi connectivity index (χ1) is 8.65. The number of nitrogens with zero attached hydrogens (tertiary/aromatic N) is 1. The van der Waals surface area contributed by atoms with Crippen molar-refractivity contribution in [2.75, 3.05) is 19.6 Å². The van der Waals surface area contributed by atoms with Gasteiger partial charge in [0.2, 0.25) is 0 Å². The van der Waals surface area contributed by atoms with Crippen LogP contribution in [0.15, 0.2) is 24.3 Å². The summed E-state index contributed by atoms with van der Waals surface area (Å²) in [5, 5.41) is 8.64. The molecule has 0 unspecified atom stereocenters. The van der Waals surface area contributed by atoms with Crippen molar-refractivity contribution < 1.29 is 14.3 Å². The van der Waals surface area contributed by atoms with Gasteiger partial charge in [-0.1, -0.05) is 12.1 Å². The maximum atomic E-state index is 13.1. The van der Waals surface area contributed by atoms with Gasteiger partial charge in [-0.2, -0.15) is 0 Å². The Bertz CT molecular complexity index is 414. The van der Waals surface area contributed by atoms with Gasteiger partial charge < -0.3 is 10.0 Å². The number of halogens is 1. The zero-order valence-corrected chi connectivity index (χ0v) is 10.3. The molecule has 1 aliphatic heterocycles. The highest BCUT2D eigenvalue weighted by atomic mass is 19.1. The number of carboxylic acid groups (broad SMARTS) is 1. The number of benzene rings is 1. The first-order valence-corrected chi connectivity index (χ1v) is 6.35. The number of hydrogen-bond donors (Lipinski definition) is 1. The van der Waals surface area contributed by atoms with Gasteiger partial charge in [-0.15, -0.1) is 0 Å². The molecule has 0 atom stereocenters. The Labute approximate surface area is 106 Å². The number of carboxylic acids is 1. The summed E-state index contributed by atoms with van der Waals surface area (Å²) in [4.78, 5) is 12.7. The van der Waals surface area contributed by atoms with Gasteiger partial charge in [-0.05, 0) is 49.5 Å². The number of carbonyl (C=O) groups is 1. The number of aliphatic carboxylic acids is 1. The largest absolute Gasteiger partial charge is 0.481 e. The lowest BCUT2D eigenvalue weighted by Gasteiger charge is -2.31. The Hall–Kier alpha value is -1.42. The van der Waals surface area contributed by atoms with Crippen molar-refractivity contribution >= 4 is 5.97 Å². The molecule has 0 saturated carbocycles. The van der Waals surface area contributed by atoms with Crippen molar-refractivity contribution in [1.82, 2.24) is 4.90 Å². The van der Waals surface area contributed by atoms with Gasteiger partial charge in [0.05, 0.1) is 6.42 Å². The van der Waals surface area contributed by atoms with E-state index in [0.29, 0.717) is 12.5 Å². The predicted molar refractivity (Wildman–Crippen MR) is 67.1 cm³/mol. The van der Waals surface area contributed by atoms with E-state index in [-0.39, 0.29) is 12.2 Å². The number of hydrogen-bond acceptors (Lipinski definition) is 2. The van der Waals surface area contributed by atoms with Crippen LogP contribution in [0.2, 0.25) is 0 Å². The third-order valence-electron chi connectivity index (χ3n) is 3.55. The highest BCUT2D eigenvalue weighted by molar-refractivity contribution is 5.66. The molecule has 1 heterocycles. The molecule has 0 amide bonds. The fourth-order valence-corrected chi connectivity index (χ4v) is 2.50. The lowest BCUT2D eigenvalue weighted by Crippen LogP contribution is -2.34. The van der Waals surface area contributed by atoms with Crippen molar-refractivity contribution in [3.05, 3.63) is 35.6 Å². The van der Waals surface area contributed by atoms with Gasteiger partial charge in [0.25, 0.3) is 0 Å². The number of likely N-dealkylation sites (tertiary alicyclic amines) is 1. The van der Waals surface area contributed by atoms with Crippen LogP contribution < -0.4 is 0 Å². The van der Waals surface area contributed by atoms with E-state index in [4.69, 9.17) is 5.11 Å². The van der Waals surface area contributed by atoms with E-state index in [1.807, 2.05) is 6.07 Å². The van der Waals surface area contributed by atoms with Gasteiger partial charge in [-0.3, -0.25) is 4.79 Å². The molecule has 1 aliphatic rings. The molecule has 2 rings (SSSR count). The average molecular weight is 251 g/mol. The second kappa shape index (κ2) is 5.96. The van der Waals surface area contributed by atoms with Gasteiger partial charge in [0.1, 0.15) is 5.82 Å². The molecule has 1 aromatic rings. The predicted octanol–water partition coefficient (Wildman–Crippen LogP) is 2.48. The van der Waals surface area contributed by atoms with E-state index in [9.17, 15) is 9.18 Å². The third-order valence-corrected chi connectivity index (χ3v) is 3.55. The highest BCUT2D eigenvalue weighted by Crippen LogP contribution is 2.28. The third kappa shape index (κ3) is 3.53. The summed E-state index contributed by atoms with van der Waals surface area (Å²) in [6.45, 7) is 2.41. The molecule has 0 radical (unpaired) electrons. The zero-order chi connectivity index (χ0) is 13.0. The molecule has 4 heteroatoms. The van der Waals surface area contributed by atoms with Crippen LogP contribution in [0.25, 0.3) is 0 Å². The SMILES string of the molecule is O=C(O)CCN1CCC(c2cccc(F)c2)CC1. The van der Waals surface area contributed by atoms with Gasteiger partial charge in [0.15, 0.2) is 0 Å². The van der Waals surface area contributed by atoms with Crippen molar-refractivity contribution in [2.45, 2.75) is 25.2 Å². The van der Waals surface area contributed by atoms with Crippen LogP contribution in [-0.2, 0) is 4.79 Å². The minimum absolute atomic E-state index is 0.180. The monoisotopic (exact) mass is 251 g/mol. The van der Waals surface area contributed by atoms with Crippen molar-refractivity contribution in [1.29, 1.82) is 0 Å². The Morgan fingerprint density at radius 1 is 1.39 bits per heavy atom. The molecule has 0 bridgehead atoms. The second-order valence-corrected chi connectivity index (χ2v) is 4.81. The van der Waals surface area contributed by atoms with Gasteiger partial charge in [-0.25, -0.2) is 4.39 Å². The number of rotatable bonds is 4. The van der Waals surface area contributed by atoms with Gasteiger partial charge >= 0.3 is 5.97 Å². The molecular weight excluding hydrogens is 233 g/mol. The minimum atomic E-state index is -0.748.